The molecule has 0 unspecified atom stereocenters. The number of sulfonamides is 1. The lowest BCUT2D eigenvalue weighted by Gasteiger charge is -2.32. The molecule has 1 saturated heterocycles. The summed E-state index contributed by atoms with van der Waals surface area (Å²) in [7, 11) is -3.79. The van der Waals surface area contributed by atoms with Crippen molar-refractivity contribution in [2.45, 2.75) is 30.2 Å². The van der Waals surface area contributed by atoms with E-state index < -0.39 is 16.1 Å². The largest absolute Gasteiger partial charge is 0.486 e. The summed E-state index contributed by atoms with van der Waals surface area (Å²) >= 11 is 0. The third-order valence-electron chi connectivity index (χ3n) is 5.21. The van der Waals surface area contributed by atoms with Gasteiger partial charge in [0.2, 0.25) is 21.8 Å². The number of piperidine rings is 1. The van der Waals surface area contributed by atoms with Crippen LogP contribution in [0.4, 0.5) is 0 Å². The fourth-order valence-corrected chi connectivity index (χ4v) is 5.40. The number of aromatic nitrogens is 3. The van der Waals surface area contributed by atoms with Crippen LogP contribution < -0.4 is 9.47 Å². The van der Waals surface area contributed by atoms with Crippen molar-refractivity contribution in [3.8, 4) is 23.0 Å². The van der Waals surface area contributed by atoms with Gasteiger partial charge in [-0.05, 0) is 37.1 Å². The molecule has 0 radical (unpaired) electrons. The average Bonchev–Trinajstić information content (AvgIpc) is 3.29. The number of pyridine rings is 1. The fraction of sp³-hybridized carbons (Fsp3) is 0.350. The predicted octanol–water partition coefficient (Wildman–Crippen LogP) is 2.82. The van der Waals surface area contributed by atoms with Crippen molar-refractivity contribution >= 4 is 10.0 Å². The van der Waals surface area contributed by atoms with Crippen molar-refractivity contribution < 1.29 is 22.3 Å². The first-order valence-electron chi connectivity index (χ1n) is 9.78. The topological polar surface area (TPSA) is 108 Å². The SMILES string of the molecule is O=S(=O)(c1ccc2c(c1)OCCO2)N1CCCC[C@@H]1c1nnc(-c2cccnc2)o1. The van der Waals surface area contributed by atoms with Crippen LogP contribution in [0.2, 0.25) is 0 Å². The third-order valence-corrected chi connectivity index (χ3v) is 7.11. The van der Waals surface area contributed by atoms with E-state index in [-0.39, 0.29) is 10.8 Å². The van der Waals surface area contributed by atoms with Crippen LogP contribution in [-0.4, -0.2) is 47.7 Å². The Balaban J connectivity index is 1.47. The number of ether oxygens (including phenoxy) is 2. The highest BCUT2D eigenvalue weighted by Crippen LogP contribution is 2.38. The Hall–Kier alpha value is -2.98. The second kappa shape index (κ2) is 7.69. The van der Waals surface area contributed by atoms with Gasteiger partial charge >= 0.3 is 0 Å². The molecule has 2 aliphatic rings. The molecule has 30 heavy (non-hydrogen) atoms. The Bertz CT molecular complexity index is 1150. The summed E-state index contributed by atoms with van der Waals surface area (Å²) in [5, 5.41) is 8.24. The van der Waals surface area contributed by atoms with E-state index in [9.17, 15) is 8.42 Å². The van der Waals surface area contributed by atoms with Gasteiger partial charge in [-0.1, -0.05) is 6.42 Å². The lowest BCUT2D eigenvalue weighted by molar-refractivity contribution is 0.171. The van der Waals surface area contributed by atoms with Crippen molar-refractivity contribution in [2.24, 2.45) is 0 Å². The number of hydrogen-bond acceptors (Lipinski definition) is 8. The molecule has 10 heteroatoms. The molecule has 0 amide bonds. The minimum Gasteiger partial charge on any atom is -0.486 e. The molecule has 2 aromatic heterocycles. The fourth-order valence-electron chi connectivity index (χ4n) is 3.73. The van der Waals surface area contributed by atoms with Gasteiger partial charge in [0.25, 0.3) is 0 Å². The van der Waals surface area contributed by atoms with Crippen LogP contribution in [0.5, 0.6) is 11.5 Å². The van der Waals surface area contributed by atoms with Crippen molar-refractivity contribution in [3.63, 3.8) is 0 Å². The van der Waals surface area contributed by atoms with E-state index in [0.29, 0.717) is 49.1 Å². The van der Waals surface area contributed by atoms with E-state index >= 15 is 0 Å². The van der Waals surface area contributed by atoms with Gasteiger partial charge in [0.15, 0.2) is 11.5 Å². The summed E-state index contributed by atoms with van der Waals surface area (Å²) in [6, 6.07) is 7.77. The molecule has 0 spiro atoms. The lowest BCUT2D eigenvalue weighted by atomic mass is 10.1. The Kier molecular flexibility index (Phi) is 4.87. The second-order valence-corrected chi connectivity index (χ2v) is 9.01. The molecular weight excluding hydrogens is 408 g/mol. The van der Waals surface area contributed by atoms with Gasteiger partial charge in [-0.25, -0.2) is 8.42 Å². The van der Waals surface area contributed by atoms with Gasteiger partial charge in [-0.15, -0.1) is 10.2 Å². The molecule has 0 N–H and O–H groups in total. The molecule has 0 bridgehead atoms. The van der Waals surface area contributed by atoms with E-state index in [1.54, 1.807) is 30.6 Å². The van der Waals surface area contributed by atoms with Crippen LogP contribution in [0.15, 0.2) is 52.0 Å². The van der Waals surface area contributed by atoms with Crippen LogP contribution in [0.1, 0.15) is 31.2 Å². The minimum atomic E-state index is -3.79. The predicted molar refractivity (Wildman–Crippen MR) is 105 cm³/mol. The standard InChI is InChI=1S/C20H20N4O5S/c25-30(26,15-6-7-17-18(12-15)28-11-10-27-17)24-9-2-1-5-16(24)20-23-22-19(29-20)14-4-3-8-21-13-14/h3-4,6-8,12-13,16H,1-2,5,9-11H2/t16-/m1/s1. The number of fused-ring (bicyclic) bond motifs is 1. The molecule has 5 rings (SSSR count). The van der Waals surface area contributed by atoms with E-state index in [4.69, 9.17) is 13.9 Å². The summed E-state index contributed by atoms with van der Waals surface area (Å²) in [5.74, 6) is 1.59. The number of hydrogen-bond donors (Lipinski definition) is 0. The minimum absolute atomic E-state index is 0.158. The van der Waals surface area contributed by atoms with Crippen LogP contribution in [0.3, 0.4) is 0 Å². The Morgan fingerprint density at radius 1 is 1.03 bits per heavy atom. The molecule has 2 aliphatic heterocycles. The van der Waals surface area contributed by atoms with E-state index in [0.717, 1.165) is 12.8 Å². The van der Waals surface area contributed by atoms with E-state index in [1.165, 1.54) is 10.4 Å². The van der Waals surface area contributed by atoms with Gasteiger partial charge in [0, 0.05) is 25.0 Å². The Labute approximate surface area is 173 Å². The molecule has 9 nitrogen and oxygen atoms in total. The van der Waals surface area contributed by atoms with Gasteiger partial charge in [-0.3, -0.25) is 4.98 Å². The normalized spacial score (nSPS) is 19.5. The monoisotopic (exact) mass is 428 g/mol. The van der Waals surface area contributed by atoms with Crippen molar-refractivity contribution in [1.82, 2.24) is 19.5 Å². The molecule has 4 heterocycles. The zero-order valence-electron chi connectivity index (χ0n) is 16.1. The van der Waals surface area contributed by atoms with Crippen molar-refractivity contribution in [2.75, 3.05) is 19.8 Å². The van der Waals surface area contributed by atoms with Crippen LogP contribution in [0, 0.1) is 0 Å². The average molecular weight is 428 g/mol. The molecule has 0 saturated carbocycles. The summed E-state index contributed by atoms with van der Waals surface area (Å²) < 4.78 is 45.3. The molecular formula is C20H20N4O5S. The maximum absolute atomic E-state index is 13.5. The van der Waals surface area contributed by atoms with Crippen LogP contribution >= 0.6 is 0 Å². The lowest BCUT2D eigenvalue weighted by Crippen LogP contribution is -2.38. The molecule has 0 aliphatic carbocycles. The molecule has 1 atom stereocenters. The highest BCUT2D eigenvalue weighted by molar-refractivity contribution is 7.89. The van der Waals surface area contributed by atoms with Gasteiger partial charge in [0.1, 0.15) is 19.3 Å². The summed E-state index contributed by atoms with van der Waals surface area (Å²) in [6.45, 7) is 1.22. The maximum Gasteiger partial charge on any atom is 0.249 e. The molecule has 3 aromatic rings. The summed E-state index contributed by atoms with van der Waals surface area (Å²) in [6.07, 6.45) is 5.54. The van der Waals surface area contributed by atoms with Crippen LogP contribution in [0.25, 0.3) is 11.5 Å². The van der Waals surface area contributed by atoms with Gasteiger partial charge in [0.05, 0.1) is 10.5 Å². The smallest absolute Gasteiger partial charge is 0.249 e. The third kappa shape index (κ3) is 3.41. The van der Waals surface area contributed by atoms with Gasteiger partial charge < -0.3 is 13.9 Å². The van der Waals surface area contributed by atoms with E-state index in [2.05, 4.69) is 15.2 Å². The molecule has 156 valence electrons. The summed E-state index contributed by atoms with van der Waals surface area (Å²) in [5.41, 5.74) is 0.688. The zero-order chi connectivity index (χ0) is 20.6. The molecule has 1 aromatic carbocycles. The first-order valence-corrected chi connectivity index (χ1v) is 11.2. The molecule has 1 fully saturated rings. The van der Waals surface area contributed by atoms with Crippen molar-refractivity contribution in [1.29, 1.82) is 0 Å². The van der Waals surface area contributed by atoms with Gasteiger partial charge in [-0.2, -0.15) is 4.31 Å². The Morgan fingerprint density at radius 3 is 2.73 bits per heavy atom. The van der Waals surface area contributed by atoms with Crippen LogP contribution in [-0.2, 0) is 10.0 Å². The first-order chi connectivity index (χ1) is 14.6. The number of rotatable bonds is 4. The second-order valence-electron chi connectivity index (χ2n) is 7.12. The first kappa shape index (κ1) is 19.0. The number of benzene rings is 1. The van der Waals surface area contributed by atoms with Crippen molar-refractivity contribution in [3.05, 3.63) is 48.6 Å². The highest BCUT2D eigenvalue weighted by Gasteiger charge is 2.38. The zero-order valence-corrected chi connectivity index (χ0v) is 16.9. The summed E-state index contributed by atoms with van der Waals surface area (Å²) in [4.78, 5) is 4.21. The van der Waals surface area contributed by atoms with E-state index in [1.807, 2.05) is 6.07 Å². The Morgan fingerprint density at radius 2 is 1.90 bits per heavy atom. The maximum atomic E-state index is 13.5. The highest BCUT2D eigenvalue weighted by atomic mass is 32.2. The number of nitrogens with zero attached hydrogens (tertiary/aromatic N) is 4. The quantitative estimate of drug-likeness (QED) is 0.624.